The summed E-state index contributed by atoms with van der Waals surface area (Å²) >= 11 is 3.15. The summed E-state index contributed by atoms with van der Waals surface area (Å²) in [7, 11) is 0. The van der Waals surface area contributed by atoms with Crippen LogP contribution < -0.4 is 4.90 Å². The lowest BCUT2D eigenvalue weighted by Gasteiger charge is -2.36. The lowest BCUT2D eigenvalue weighted by molar-refractivity contribution is -0.128. The van der Waals surface area contributed by atoms with Gasteiger partial charge < -0.3 is 9.80 Å². The number of para-hydroxylation sites is 1. The SMILES string of the molecule is Cc1sc2nc(Cc3ccccc3)n3c(SCC(=O)N4CCN(c5ccccc5)CC4)nnc3c2c1C. The first-order valence-corrected chi connectivity index (χ1v) is 14.3. The van der Waals surface area contributed by atoms with Crippen LogP contribution >= 0.6 is 23.1 Å². The Morgan fingerprint density at radius 2 is 1.65 bits per heavy atom. The molecule has 9 heteroatoms. The third kappa shape index (κ3) is 4.69. The second-order valence-electron chi connectivity index (χ2n) is 9.29. The van der Waals surface area contributed by atoms with E-state index in [2.05, 4.69) is 69.7 Å². The van der Waals surface area contributed by atoms with Gasteiger partial charge >= 0.3 is 0 Å². The fourth-order valence-corrected chi connectivity index (χ4v) is 6.74. The minimum Gasteiger partial charge on any atom is -0.368 e. The third-order valence-electron chi connectivity index (χ3n) is 7.00. The van der Waals surface area contributed by atoms with Crippen molar-refractivity contribution in [2.75, 3.05) is 36.8 Å². The summed E-state index contributed by atoms with van der Waals surface area (Å²) in [5.74, 6) is 1.36. The molecule has 1 saturated heterocycles. The van der Waals surface area contributed by atoms with Gasteiger partial charge in [0.15, 0.2) is 10.8 Å². The highest BCUT2D eigenvalue weighted by molar-refractivity contribution is 7.99. The van der Waals surface area contributed by atoms with Crippen LogP contribution in [0.15, 0.2) is 65.8 Å². The molecule has 0 bridgehead atoms. The first-order valence-electron chi connectivity index (χ1n) is 12.5. The molecule has 3 aromatic heterocycles. The van der Waals surface area contributed by atoms with Crippen molar-refractivity contribution >= 4 is 50.6 Å². The van der Waals surface area contributed by atoms with E-state index >= 15 is 0 Å². The number of thioether (sulfide) groups is 1. The van der Waals surface area contributed by atoms with Gasteiger partial charge in [0.25, 0.3) is 0 Å². The molecule has 37 heavy (non-hydrogen) atoms. The standard InChI is InChI=1S/C28H28N6OS2/c1-19-20(2)37-27-25(19)26-30-31-28(34(26)23(29-27)17-21-9-5-3-6-10-21)36-18-24(35)33-15-13-32(14-16-33)22-11-7-4-8-12-22/h3-12H,13-18H2,1-2H3. The molecule has 1 fully saturated rings. The van der Waals surface area contributed by atoms with Crippen LogP contribution in [0.2, 0.25) is 0 Å². The molecule has 0 atom stereocenters. The molecule has 5 aromatic rings. The zero-order chi connectivity index (χ0) is 25.4. The van der Waals surface area contributed by atoms with Crippen LogP contribution in [0.4, 0.5) is 5.69 Å². The van der Waals surface area contributed by atoms with Gasteiger partial charge in [-0.15, -0.1) is 21.5 Å². The number of fused-ring (bicyclic) bond motifs is 3. The quantitative estimate of drug-likeness (QED) is 0.290. The highest BCUT2D eigenvalue weighted by Gasteiger charge is 2.24. The van der Waals surface area contributed by atoms with Crippen LogP contribution in [-0.4, -0.2) is 62.3 Å². The lowest BCUT2D eigenvalue weighted by atomic mass is 10.1. The average Bonchev–Trinajstić information content (AvgIpc) is 3.48. The summed E-state index contributed by atoms with van der Waals surface area (Å²) in [5, 5.41) is 10.9. The van der Waals surface area contributed by atoms with Crippen LogP contribution in [0.25, 0.3) is 15.9 Å². The summed E-state index contributed by atoms with van der Waals surface area (Å²) < 4.78 is 2.06. The molecule has 6 rings (SSSR count). The Morgan fingerprint density at radius 1 is 0.946 bits per heavy atom. The number of amides is 1. The lowest BCUT2D eigenvalue weighted by Crippen LogP contribution is -2.49. The molecule has 0 radical (unpaired) electrons. The fourth-order valence-electron chi connectivity index (χ4n) is 4.84. The van der Waals surface area contributed by atoms with E-state index in [-0.39, 0.29) is 5.91 Å². The van der Waals surface area contributed by atoms with E-state index in [4.69, 9.17) is 4.98 Å². The molecule has 2 aromatic carbocycles. The van der Waals surface area contributed by atoms with E-state index in [1.165, 1.54) is 33.5 Å². The number of aryl methyl sites for hydroxylation is 2. The molecule has 0 spiro atoms. The fraction of sp³-hybridized carbons (Fsp3) is 0.286. The molecule has 0 aliphatic carbocycles. The van der Waals surface area contributed by atoms with Crippen molar-refractivity contribution in [2.45, 2.75) is 25.4 Å². The highest BCUT2D eigenvalue weighted by atomic mass is 32.2. The Kier molecular flexibility index (Phi) is 6.56. The Labute approximate surface area is 224 Å². The van der Waals surface area contributed by atoms with Gasteiger partial charge in [0.05, 0.1) is 11.1 Å². The second-order valence-corrected chi connectivity index (χ2v) is 11.4. The normalized spacial score (nSPS) is 14.1. The van der Waals surface area contributed by atoms with E-state index in [9.17, 15) is 4.79 Å². The molecular formula is C28H28N6OS2. The molecule has 1 amide bonds. The summed E-state index contributed by atoms with van der Waals surface area (Å²) in [6.45, 7) is 7.37. The van der Waals surface area contributed by atoms with Crippen molar-refractivity contribution in [2.24, 2.45) is 0 Å². The van der Waals surface area contributed by atoms with Gasteiger partial charge in [-0.25, -0.2) is 4.98 Å². The third-order valence-corrected chi connectivity index (χ3v) is 9.01. The number of aromatic nitrogens is 4. The number of carbonyl (C=O) groups is 1. The molecule has 7 nitrogen and oxygen atoms in total. The van der Waals surface area contributed by atoms with Gasteiger partial charge in [0.1, 0.15) is 10.7 Å². The molecule has 1 aliphatic rings. The molecule has 0 N–H and O–H groups in total. The number of nitrogens with zero attached hydrogens (tertiary/aromatic N) is 6. The van der Waals surface area contributed by atoms with Gasteiger partial charge in [-0.1, -0.05) is 60.3 Å². The molecule has 0 unspecified atom stereocenters. The molecule has 188 valence electrons. The molecule has 1 aliphatic heterocycles. The molecule has 0 saturated carbocycles. The Bertz CT molecular complexity index is 1560. The minimum atomic E-state index is 0.135. The second kappa shape index (κ2) is 10.1. The maximum atomic E-state index is 13.1. The predicted molar refractivity (Wildman–Crippen MR) is 151 cm³/mol. The summed E-state index contributed by atoms with van der Waals surface area (Å²) in [6.07, 6.45) is 0.671. The van der Waals surface area contributed by atoms with Crippen molar-refractivity contribution in [3.63, 3.8) is 0 Å². The predicted octanol–water partition coefficient (Wildman–Crippen LogP) is 4.99. The van der Waals surface area contributed by atoms with E-state index in [0.717, 1.165) is 53.0 Å². The number of rotatable bonds is 6. The van der Waals surface area contributed by atoms with Crippen molar-refractivity contribution in [3.8, 4) is 0 Å². The number of carbonyl (C=O) groups excluding carboxylic acids is 1. The van der Waals surface area contributed by atoms with Crippen LogP contribution in [0.1, 0.15) is 21.8 Å². The molecular weight excluding hydrogens is 500 g/mol. The zero-order valence-corrected chi connectivity index (χ0v) is 22.6. The van der Waals surface area contributed by atoms with Crippen molar-refractivity contribution in [1.82, 2.24) is 24.5 Å². The number of hydrogen-bond acceptors (Lipinski definition) is 7. The van der Waals surface area contributed by atoms with Crippen LogP contribution in [0, 0.1) is 13.8 Å². The van der Waals surface area contributed by atoms with Crippen molar-refractivity contribution in [3.05, 3.63) is 82.5 Å². The first-order chi connectivity index (χ1) is 18.1. The van der Waals surface area contributed by atoms with Gasteiger partial charge in [0.2, 0.25) is 5.91 Å². The maximum Gasteiger partial charge on any atom is 0.233 e. The van der Waals surface area contributed by atoms with Gasteiger partial charge in [-0.05, 0) is 37.1 Å². The summed E-state index contributed by atoms with van der Waals surface area (Å²) in [5.41, 5.74) is 4.41. The Balaban J connectivity index is 1.23. The number of piperazine rings is 1. The smallest absolute Gasteiger partial charge is 0.233 e. The van der Waals surface area contributed by atoms with E-state index in [1.54, 1.807) is 11.3 Å². The van der Waals surface area contributed by atoms with Crippen molar-refractivity contribution < 1.29 is 4.79 Å². The Morgan fingerprint density at radius 3 is 2.38 bits per heavy atom. The summed E-state index contributed by atoms with van der Waals surface area (Å²) in [6, 6.07) is 20.7. The van der Waals surface area contributed by atoms with Crippen LogP contribution in [-0.2, 0) is 11.2 Å². The number of thiophene rings is 1. The maximum absolute atomic E-state index is 13.1. The topological polar surface area (TPSA) is 66.6 Å². The first kappa shape index (κ1) is 23.9. The summed E-state index contributed by atoms with van der Waals surface area (Å²) in [4.78, 5) is 24.7. The highest BCUT2D eigenvalue weighted by Crippen LogP contribution is 2.34. The molecule has 4 heterocycles. The number of benzene rings is 2. The van der Waals surface area contributed by atoms with Crippen LogP contribution in [0.3, 0.4) is 0 Å². The van der Waals surface area contributed by atoms with Crippen molar-refractivity contribution in [1.29, 1.82) is 0 Å². The average molecular weight is 529 g/mol. The monoisotopic (exact) mass is 528 g/mol. The van der Waals surface area contributed by atoms with E-state index in [0.29, 0.717) is 12.2 Å². The van der Waals surface area contributed by atoms with Gasteiger partial charge in [0, 0.05) is 43.2 Å². The van der Waals surface area contributed by atoms with Gasteiger partial charge in [-0.3, -0.25) is 9.20 Å². The number of hydrogen-bond donors (Lipinski definition) is 0. The number of anilines is 1. The van der Waals surface area contributed by atoms with E-state index in [1.807, 2.05) is 29.2 Å². The zero-order valence-electron chi connectivity index (χ0n) is 20.9. The van der Waals surface area contributed by atoms with E-state index < -0.39 is 0 Å². The minimum absolute atomic E-state index is 0.135. The van der Waals surface area contributed by atoms with Gasteiger partial charge in [-0.2, -0.15) is 0 Å². The largest absolute Gasteiger partial charge is 0.368 e. The van der Waals surface area contributed by atoms with Crippen LogP contribution in [0.5, 0.6) is 0 Å². The Hall–Kier alpha value is -3.43.